The number of aromatic nitrogens is 1. The van der Waals surface area contributed by atoms with Crippen molar-refractivity contribution in [2.24, 2.45) is 5.10 Å². The van der Waals surface area contributed by atoms with Crippen molar-refractivity contribution in [2.75, 3.05) is 6.54 Å². The van der Waals surface area contributed by atoms with Gasteiger partial charge in [-0.05, 0) is 12.1 Å². The minimum Gasteiger partial charge on any atom is -1.00 e. The van der Waals surface area contributed by atoms with E-state index in [0.717, 1.165) is 22.8 Å². The van der Waals surface area contributed by atoms with Crippen LogP contribution in [0.5, 0.6) is 0 Å². The van der Waals surface area contributed by atoms with Gasteiger partial charge in [-0.25, -0.2) is 5.43 Å². The number of rotatable bonds is 3. The average Bonchev–Trinajstić information content (AvgIpc) is 2.49. The fourth-order valence-corrected chi connectivity index (χ4v) is 2.28. The monoisotopic (exact) mass is 320 g/mol. The summed E-state index contributed by atoms with van der Waals surface area (Å²) in [4.78, 5) is 16.6. The topological polar surface area (TPSA) is 90.3 Å². The van der Waals surface area contributed by atoms with E-state index in [1.807, 2.05) is 30.3 Å². The maximum atomic E-state index is 11.6. The van der Waals surface area contributed by atoms with Crippen LogP contribution < -0.4 is 22.7 Å². The predicted octanol–water partition coefficient (Wildman–Crippen LogP) is -3.86. The molecule has 1 unspecified atom stereocenters. The Balaban J connectivity index is 0.00000121. The number of nitrogens with zero attached hydrogens (tertiary/aromatic N) is 2. The van der Waals surface area contributed by atoms with Crippen molar-refractivity contribution in [3.05, 3.63) is 66.0 Å². The van der Waals surface area contributed by atoms with E-state index in [9.17, 15) is 4.79 Å². The van der Waals surface area contributed by atoms with Crippen molar-refractivity contribution in [2.45, 2.75) is 6.54 Å². The molecule has 1 aliphatic rings. The molecule has 22 heavy (non-hydrogen) atoms. The lowest BCUT2D eigenvalue weighted by Crippen LogP contribution is -3.15. The molecule has 6 nitrogen and oxygen atoms in total. The summed E-state index contributed by atoms with van der Waals surface area (Å²) in [6.45, 7) is 1.12. The van der Waals surface area contributed by atoms with Crippen LogP contribution in [0.15, 0.2) is 60.0 Å². The summed E-state index contributed by atoms with van der Waals surface area (Å²) in [7, 11) is 0. The zero-order valence-electron chi connectivity index (χ0n) is 11.8. The summed E-state index contributed by atoms with van der Waals surface area (Å²) in [6.07, 6.45) is 3.46. The molecular formula is C15H17ClN4O2. The minimum atomic E-state index is -0.0614. The van der Waals surface area contributed by atoms with Gasteiger partial charge >= 0.3 is 0 Å². The third-order valence-electron chi connectivity index (χ3n) is 3.22. The fraction of sp³-hybridized carbons (Fsp3) is 0.133. The van der Waals surface area contributed by atoms with Crippen LogP contribution in [0.4, 0.5) is 0 Å². The van der Waals surface area contributed by atoms with Gasteiger partial charge in [0.25, 0.3) is 11.7 Å². The Hall–Kier alpha value is -2.28. The number of halogens is 1. The van der Waals surface area contributed by atoms with E-state index in [1.54, 1.807) is 12.4 Å². The molecule has 4 N–H and O–H groups in total. The molecular weight excluding hydrogens is 304 g/mol. The number of carbonyl (C=O) groups is 1. The van der Waals surface area contributed by atoms with E-state index >= 15 is 0 Å². The number of nitrogens with one attached hydrogen (secondary N) is 2. The molecule has 1 aromatic carbocycles. The van der Waals surface area contributed by atoms with Gasteiger partial charge < -0.3 is 17.9 Å². The number of carbonyl (C=O) groups excluding carboxylic acids is 1. The molecule has 0 saturated heterocycles. The Kier molecular flexibility index (Phi) is 6.65. The fourth-order valence-electron chi connectivity index (χ4n) is 2.28. The number of hydrazone groups is 1. The first-order valence-electron chi connectivity index (χ1n) is 6.49. The SMILES string of the molecule is O.O=C1C[NH+](Cc2ccccc2)C(c2ccncc2)=NN1.[Cl-]. The molecule has 0 fully saturated rings. The third kappa shape index (κ3) is 4.11. The first kappa shape index (κ1) is 17.8. The molecule has 2 heterocycles. The minimum absolute atomic E-state index is 0. The quantitative estimate of drug-likeness (QED) is 0.606. The van der Waals surface area contributed by atoms with Crippen LogP contribution in [0.2, 0.25) is 0 Å². The zero-order valence-corrected chi connectivity index (χ0v) is 12.5. The van der Waals surface area contributed by atoms with Crippen LogP contribution >= 0.6 is 0 Å². The lowest BCUT2D eigenvalue weighted by Gasteiger charge is -2.23. The van der Waals surface area contributed by atoms with Crippen LogP contribution in [0.1, 0.15) is 11.1 Å². The Labute approximate surface area is 134 Å². The van der Waals surface area contributed by atoms with Crippen molar-refractivity contribution in [1.82, 2.24) is 10.4 Å². The second-order valence-corrected chi connectivity index (χ2v) is 4.67. The van der Waals surface area contributed by atoms with E-state index < -0.39 is 0 Å². The van der Waals surface area contributed by atoms with Gasteiger partial charge in [-0.2, -0.15) is 0 Å². The predicted molar refractivity (Wildman–Crippen MR) is 78.5 cm³/mol. The largest absolute Gasteiger partial charge is 1.00 e. The van der Waals surface area contributed by atoms with Crippen LogP contribution in [0.25, 0.3) is 0 Å². The summed E-state index contributed by atoms with van der Waals surface area (Å²) >= 11 is 0. The summed E-state index contributed by atoms with van der Waals surface area (Å²) in [6, 6.07) is 13.9. The van der Waals surface area contributed by atoms with Crippen LogP contribution in [-0.2, 0) is 11.3 Å². The summed E-state index contributed by atoms with van der Waals surface area (Å²) in [5.41, 5.74) is 4.71. The van der Waals surface area contributed by atoms with Crippen molar-refractivity contribution < 1.29 is 27.6 Å². The molecule has 1 aliphatic heterocycles. The maximum absolute atomic E-state index is 11.6. The lowest BCUT2D eigenvalue weighted by atomic mass is 10.1. The molecule has 0 saturated carbocycles. The number of amidine groups is 1. The molecule has 3 rings (SSSR count). The molecule has 1 amide bonds. The smallest absolute Gasteiger partial charge is 0.295 e. The lowest BCUT2D eigenvalue weighted by molar-refractivity contribution is -0.812. The van der Waals surface area contributed by atoms with Gasteiger partial charge in [0.2, 0.25) is 0 Å². The van der Waals surface area contributed by atoms with Gasteiger partial charge in [0, 0.05) is 18.0 Å². The maximum Gasteiger partial charge on any atom is 0.295 e. The molecule has 7 heteroatoms. The molecule has 0 aliphatic carbocycles. The summed E-state index contributed by atoms with van der Waals surface area (Å²) < 4.78 is 0. The Morgan fingerprint density at radius 3 is 2.45 bits per heavy atom. The van der Waals surface area contributed by atoms with E-state index in [4.69, 9.17) is 0 Å². The van der Waals surface area contributed by atoms with Crippen molar-refractivity contribution in [1.29, 1.82) is 0 Å². The van der Waals surface area contributed by atoms with Crippen LogP contribution in [0.3, 0.4) is 0 Å². The highest BCUT2D eigenvalue weighted by Gasteiger charge is 2.27. The number of quaternary nitrogens is 1. The van der Waals surface area contributed by atoms with Gasteiger partial charge in [-0.3, -0.25) is 14.7 Å². The Bertz CT molecular complexity index is 635. The van der Waals surface area contributed by atoms with E-state index in [1.165, 1.54) is 5.56 Å². The Morgan fingerprint density at radius 1 is 1.09 bits per heavy atom. The van der Waals surface area contributed by atoms with E-state index in [2.05, 4.69) is 27.6 Å². The highest BCUT2D eigenvalue weighted by molar-refractivity contribution is 5.95. The highest BCUT2D eigenvalue weighted by atomic mass is 35.5. The Morgan fingerprint density at radius 2 is 1.77 bits per heavy atom. The normalized spacial score (nSPS) is 16.6. The van der Waals surface area contributed by atoms with Gasteiger partial charge in [-0.15, -0.1) is 5.10 Å². The summed E-state index contributed by atoms with van der Waals surface area (Å²) in [5.74, 6) is 0.782. The molecule has 0 spiro atoms. The number of benzene rings is 1. The van der Waals surface area contributed by atoms with Gasteiger partial charge in [-0.1, -0.05) is 30.3 Å². The first-order valence-corrected chi connectivity index (χ1v) is 6.49. The number of pyridine rings is 1. The van der Waals surface area contributed by atoms with Crippen molar-refractivity contribution in [3.63, 3.8) is 0 Å². The van der Waals surface area contributed by atoms with Crippen molar-refractivity contribution >= 4 is 11.7 Å². The standard InChI is InChI=1S/C15H14N4O.ClH.H2O/c20-14-11-19(10-12-4-2-1-3-5-12)15(18-17-14)13-6-8-16-9-7-13;;/h1-9H,10-11H2,(H,17,20);1H;1H2. The second-order valence-electron chi connectivity index (χ2n) is 4.67. The van der Waals surface area contributed by atoms with Crippen molar-refractivity contribution in [3.8, 4) is 0 Å². The van der Waals surface area contributed by atoms with Crippen LogP contribution in [-0.4, -0.2) is 28.7 Å². The van der Waals surface area contributed by atoms with Crippen LogP contribution in [0, 0.1) is 0 Å². The number of hydrogen-bond acceptors (Lipinski definition) is 3. The van der Waals surface area contributed by atoms with E-state index in [-0.39, 0.29) is 23.8 Å². The second kappa shape index (κ2) is 8.23. The molecule has 2 aromatic rings. The highest BCUT2D eigenvalue weighted by Crippen LogP contribution is 1.99. The molecule has 116 valence electrons. The molecule has 0 bridgehead atoms. The third-order valence-corrected chi connectivity index (χ3v) is 3.22. The average molecular weight is 321 g/mol. The molecule has 1 atom stereocenters. The van der Waals surface area contributed by atoms with Gasteiger partial charge in [0.05, 0.1) is 5.56 Å². The van der Waals surface area contributed by atoms with Gasteiger partial charge in [0.1, 0.15) is 6.54 Å². The molecule has 1 aromatic heterocycles. The summed E-state index contributed by atoms with van der Waals surface area (Å²) in [5, 5.41) is 4.21. The molecule has 0 radical (unpaired) electrons. The van der Waals surface area contributed by atoms with Gasteiger partial charge in [0.15, 0.2) is 6.54 Å². The van der Waals surface area contributed by atoms with E-state index in [0.29, 0.717) is 6.54 Å². The zero-order chi connectivity index (χ0) is 13.8. The number of amides is 1. The first-order chi connectivity index (χ1) is 9.83. The number of hydrogen-bond donors (Lipinski definition) is 2.